The molecular weight excluding hydrogens is 296 g/mol. The molecule has 0 bridgehead atoms. The minimum atomic E-state index is -0.411. The number of amides is 1. The number of phenolic OH excluding ortho intramolecular Hbond substituents is 2. The predicted molar refractivity (Wildman–Crippen MR) is 86.8 cm³/mol. The molecule has 0 spiro atoms. The van der Waals surface area contributed by atoms with Crippen molar-refractivity contribution >= 4 is 11.6 Å². The number of carbonyl (C=O) groups excluding carboxylic acids is 1. The monoisotopic (exact) mass is 314 g/mol. The van der Waals surface area contributed by atoms with Crippen LogP contribution in [0.4, 0.5) is 0 Å². The Morgan fingerprint density at radius 2 is 1.96 bits per heavy atom. The quantitative estimate of drug-likeness (QED) is 0.583. The smallest absolute Gasteiger partial charge is 0.277 e. The maximum atomic E-state index is 11.8. The van der Waals surface area contributed by atoms with E-state index in [2.05, 4.69) is 10.5 Å². The second-order valence-electron chi connectivity index (χ2n) is 4.99. The van der Waals surface area contributed by atoms with Crippen LogP contribution >= 0.6 is 0 Å². The summed E-state index contributed by atoms with van der Waals surface area (Å²) in [6, 6.07) is 11.5. The molecule has 0 heterocycles. The Kier molecular flexibility index (Phi) is 5.19. The van der Waals surface area contributed by atoms with Crippen LogP contribution in [0.15, 0.2) is 47.6 Å². The molecule has 0 radical (unpaired) electrons. The minimum absolute atomic E-state index is 0.0466. The molecule has 2 aromatic rings. The third-order valence-corrected chi connectivity index (χ3v) is 3.17. The van der Waals surface area contributed by atoms with Gasteiger partial charge in [-0.05, 0) is 37.6 Å². The van der Waals surface area contributed by atoms with Gasteiger partial charge < -0.3 is 14.9 Å². The Labute approximate surface area is 134 Å². The first kappa shape index (κ1) is 16.4. The molecule has 0 unspecified atom stereocenters. The van der Waals surface area contributed by atoms with Crippen LogP contribution in [-0.2, 0) is 4.79 Å². The third-order valence-electron chi connectivity index (χ3n) is 3.17. The molecule has 0 saturated carbocycles. The van der Waals surface area contributed by atoms with Crippen molar-refractivity contribution in [2.45, 2.75) is 13.8 Å². The zero-order chi connectivity index (χ0) is 16.8. The lowest BCUT2D eigenvalue weighted by atomic mass is 10.1. The highest BCUT2D eigenvalue weighted by atomic mass is 16.5. The molecule has 0 fully saturated rings. The standard InChI is InChI=1S/C17H18N2O4/c1-11-5-3-4-6-16(11)23-10-17(22)19-18-12(2)14-8-7-13(20)9-15(14)21/h3-9,20-21H,10H2,1-2H3,(H,19,22)/b18-12+. The highest BCUT2D eigenvalue weighted by Gasteiger charge is 2.07. The van der Waals surface area contributed by atoms with E-state index in [1.165, 1.54) is 18.2 Å². The number of phenols is 2. The van der Waals surface area contributed by atoms with Gasteiger partial charge in [-0.25, -0.2) is 5.43 Å². The summed E-state index contributed by atoms with van der Waals surface area (Å²) in [6.45, 7) is 3.36. The van der Waals surface area contributed by atoms with Crippen LogP contribution in [0.2, 0.25) is 0 Å². The van der Waals surface area contributed by atoms with Gasteiger partial charge in [0.1, 0.15) is 17.2 Å². The maximum absolute atomic E-state index is 11.8. The summed E-state index contributed by atoms with van der Waals surface area (Å²) in [4.78, 5) is 11.8. The van der Waals surface area contributed by atoms with Gasteiger partial charge in [0.25, 0.3) is 5.91 Å². The zero-order valence-electron chi connectivity index (χ0n) is 12.9. The van der Waals surface area contributed by atoms with Gasteiger partial charge in [0.05, 0.1) is 5.71 Å². The fourth-order valence-electron chi connectivity index (χ4n) is 1.93. The normalized spacial score (nSPS) is 11.1. The van der Waals surface area contributed by atoms with Gasteiger partial charge in [-0.1, -0.05) is 18.2 Å². The number of carbonyl (C=O) groups is 1. The lowest BCUT2D eigenvalue weighted by molar-refractivity contribution is -0.123. The van der Waals surface area contributed by atoms with Gasteiger partial charge in [-0.15, -0.1) is 0 Å². The molecule has 1 amide bonds. The number of benzene rings is 2. The Balaban J connectivity index is 1.94. The fraction of sp³-hybridized carbons (Fsp3) is 0.176. The van der Waals surface area contributed by atoms with Crippen molar-refractivity contribution in [1.29, 1.82) is 0 Å². The second-order valence-corrected chi connectivity index (χ2v) is 4.99. The van der Waals surface area contributed by atoms with E-state index in [1.54, 1.807) is 13.0 Å². The molecule has 0 saturated heterocycles. The van der Waals surface area contributed by atoms with Crippen LogP contribution in [-0.4, -0.2) is 28.4 Å². The van der Waals surface area contributed by atoms with E-state index in [9.17, 15) is 15.0 Å². The van der Waals surface area contributed by atoms with E-state index in [0.29, 0.717) is 17.0 Å². The second kappa shape index (κ2) is 7.31. The number of hydrogen-bond donors (Lipinski definition) is 3. The number of aromatic hydroxyl groups is 2. The number of rotatable bonds is 5. The van der Waals surface area contributed by atoms with E-state index < -0.39 is 5.91 Å². The fourth-order valence-corrected chi connectivity index (χ4v) is 1.93. The summed E-state index contributed by atoms with van der Waals surface area (Å²) < 4.78 is 5.41. The Morgan fingerprint density at radius 3 is 2.65 bits per heavy atom. The van der Waals surface area contributed by atoms with Crippen molar-refractivity contribution in [2.75, 3.05) is 6.61 Å². The highest BCUT2D eigenvalue weighted by Crippen LogP contribution is 2.23. The minimum Gasteiger partial charge on any atom is -0.508 e. The predicted octanol–water partition coefficient (Wildman–Crippen LogP) is 2.33. The molecular formula is C17H18N2O4. The topological polar surface area (TPSA) is 91.2 Å². The van der Waals surface area contributed by atoms with E-state index in [0.717, 1.165) is 5.56 Å². The molecule has 0 aliphatic heterocycles. The Bertz CT molecular complexity index is 741. The van der Waals surface area contributed by atoms with Crippen molar-refractivity contribution in [3.8, 4) is 17.2 Å². The molecule has 6 heteroatoms. The van der Waals surface area contributed by atoms with E-state index >= 15 is 0 Å². The zero-order valence-corrected chi connectivity index (χ0v) is 12.9. The Hall–Kier alpha value is -3.02. The first-order chi connectivity index (χ1) is 11.0. The summed E-state index contributed by atoms with van der Waals surface area (Å²) >= 11 is 0. The van der Waals surface area contributed by atoms with Gasteiger partial charge in [0, 0.05) is 11.6 Å². The molecule has 0 aliphatic carbocycles. The average Bonchev–Trinajstić information content (AvgIpc) is 2.52. The lowest BCUT2D eigenvalue weighted by Crippen LogP contribution is -2.25. The number of ether oxygens (including phenoxy) is 1. The third kappa shape index (κ3) is 4.47. The summed E-state index contributed by atoms with van der Waals surface area (Å²) in [7, 11) is 0. The lowest BCUT2D eigenvalue weighted by Gasteiger charge is -2.08. The van der Waals surface area contributed by atoms with Gasteiger partial charge >= 0.3 is 0 Å². The molecule has 3 N–H and O–H groups in total. The molecule has 0 aromatic heterocycles. The summed E-state index contributed by atoms with van der Waals surface area (Å²) in [5.74, 6) is 0.0665. The van der Waals surface area contributed by atoms with E-state index in [4.69, 9.17) is 4.74 Å². The highest BCUT2D eigenvalue weighted by molar-refractivity contribution is 6.01. The first-order valence-electron chi connectivity index (χ1n) is 7.01. The van der Waals surface area contributed by atoms with Gasteiger partial charge in [0.2, 0.25) is 0 Å². The van der Waals surface area contributed by atoms with Crippen LogP contribution in [0.25, 0.3) is 0 Å². The first-order valence-corrected chi connectivity index (χ1v) is 7.01. The van der Waals surface area contributed by atoms with Crippen molar-refractivity contribution in [3.63, 3.8) is 0 Å². The maximum Gasteiger partial charge on any atom is 0.277 e. The summed E-state index contributed by atoms with van der Waals surface area (Å²) in [5, 5.41) is 22.9. The number of hydrazone groups is 1. The molecule has 120 valence electrons. The number of aryl methyl sites for hydroxylation is 1. The van der Waals surface area contributed by atoms with Gasteiger partial charge in [-0.3, -0.25) is 4.79 Å². The van der Waals surface area contributed by atoms with Crippen molar-refractivity contribution in [1.82, 2.24) is 5.43 Å². The van der Waals surface area contributed by atoms with Gasteiger partial charge in [-0.2, -0.15) is 5.10 Å². The number of nitrogens with zero attached hydrogens (tertiary/aromatic N) is 1. The van der Waals surface area contributed by atoms with Crippen molar-refractivity contribution in [2.24, 2.45) is 5.10 Å². The molecule has 0 atom stereocenters. The van der Waals surface area contributed by atoms with Crippen LogP contribution in [0.5, 0.6) is 17.2 Å². The van der Waals surface area contributed by atoms with Gasteiger partial charge in [0.15, 0.2) is 6.61 Å². The number of hydrogen-bond acceptors (Lipinski definition) is 5. The van der Waals surface area contributed by atoms with Crippen molar-refractivity contribution < 1.29 is 19.7 Å². The molecule has 2 aromatic carbocycles. The molecule has 23 heavy (non-hydrogen) atoms. The molecule has 2 rings (SSSR count). The number of nitrogens with one attached hydrogen (secondary N) is 1. The van der Waals surface area contributed by atoms with Crippen LogP contribution < -0.4 is 10.2 Å². The Morgan fingerprint density at radius 1 is 1.22 bits per heavy atom. The van der Waals surface area contributed by atoms with Crippen LogP contribution in [0, 0.1) is 6.92 Å². The largest absolute Gasteiger partial charge is 0.508 e. The van der Waals surface area contributed by atoms with Crippen LogP contribution in [0.3, 0.4) is 0 Å². The SMILES string of the molecule is C/C(=N\NC(=O)COc1ccccc1C)c1ccc(O)cc1O. The van der Waals surface area contributed by atoms with Crippen molar-refractivity contribution in [3.05, 3.63) is 53.6 Å². The summed E-state index contributed by atoms with van der Waals surface area (Å²) in [5.41, 5.74) is 4.13. The van der Waals surface area contributed by atoms with E-state index in [-0.39, 0.29) is 18.1 Å². The molecule has 6 nitrogen and oxygen atoms in total. The number of para-hydroxylation sites is 1. The van der Waals surface area contributed by atoms with E-state index in [1.807, 2.05) is 25.1 Å². The summed E-state index contributed by atoms with van der Waals surface area (Å²) in [6.07, 6.45) is 0. The van der Waals surface area contributed by atoms with Crippen LogP contribution in [0.1, 0.15) is 18.1 Å². The average molecular weight is 314 g/mol. The molecule has 0 aliphatic rings.